The molecule has 18 heavy (non-hydrogen) atoms. The van der Waals surface area contributed by atoms with Gasteiger partial charge in [0.25, 0.3) is 5.22 Å². The molecule has 0 saturated carbocycles. The highest BCUT2D eigenvalue weighted by molar-refractivity contribution is 7.99. The summed E-state index contributed by atoms with van der Waals surface area (Å²) in [6.45, 7) is 1.87. The molecule has 2 aromatic rings. The first-order valence-electron chi connectivity index (χ1n) is 5.56. The fraction of sp³-hybridized carbons (Fsp3) is 0.308. The SMILES string of the molecule is COc1cccc(C(O)CSc2nc(C)co2)c1. The first-order chi connectivity index (χ1) is 8.69. The largest absolute Gasteiger partial charge is 0.497 e. The van der Waals surface area contributed by atoms with Crippen LogP contribution in [-0.4, -0.2) is 23.0 Å². The Morgan fingerprint density at radius 3 is 3.00 bits per heavy atom. The lowest BCUT2D eigenvalue weighted by Gasteiger charge is -2.10. The van der Waals surface area contributed by atoms with Crippen molar-refractivity contribution < 1.29 is 14.3 Å². The smallest absolute Gasteiger partial charge is 0.255 e. The zero-order valence-corrected chi connectivity index (χ0v) is 11.1. The summed E-state index contributed by atoms with van der Waals surface area (Å²) in [5.41, 5.74) is 1.67. The van der Waals surface area contributed by atoms with E-state index in [2.05, 4.69) is 4.98 Å². The molecule has 0 aliphatic rings. The van der Waals surface area contributed by atoms with Gasteiger partial charge in [0.15, 0.2) is 0 Å². The van der Waals surface area contributed by atoms with Crippen LogP contribution in [0.4, 0.5) is 0 Å². The average molecular weight is 265 g/mol. The van der Waals surface area contributed by atoms with Crippen LogP contribution in [0, 0.1) is 6.92 Å². The number of oxazole rings is 1. The van der Waals surface area contributed by atoms with E-state index in [0.717, 1.165) is 17.0 Å². The number of rotatable bonds is 5. The molecule has 1 atom stereocenters. The molecule has 96 valence electrons. The quantitative estimate of drug-likeness (QED) is 0.842. The Kier molecular flexibility index (Phi) is 4.28. The van der Waals surface area contributed by atoms with Gasteiger partial charge < -0.3 is 14.3 Å². The zero-order chi connectivity index (χ0) is 13.0. The molecule has 1 N–H and O–H groups in total. The van der Waals surface area contributed by atoms with Gasteiger partial charge in [-0.15, -0.1) is 0 Å². The number of methoxy groups -OCH3 is 1. The van der Waals surface area contributed by atoms with Gasteiger partial charge >= 0.3 is 0 Å². The zero-order valence-electron chi connectivity index (χ0n) is 10.3. The van der Waals surface area contributed by atoms with Crippen LogP contribution in [0.15, 0.2) is 40.2 Å². The van der Waals surface area contributed by atoms with Crippen LogP contribution >= 0.6 is 11.8 Å². The summed E-state index contributed by atoms with van der Waals surface area (Å²) in [7, 11) is 1.61. The molecule has 0 amide bonds. The average Bonchev–Trinajstić information content (AvgIpc) is 2.82. The molecule has 0 bridgehead atoms. The maximum atomic E-state index is 10.1. The molecule has 1 aromatic carbocycles. The van der Waals surface area contributed by atoms with Crippen molar-refractivity contribution in [3.8, 4) is 5.75 Å². The Morgan fingerprint density at radius 2 is 2.33 bits per heavy atom. The van der Waals surface area contributed by atoms with Gasteiger partial charge in [-0.25, -0.2) is 4.98 Å². The van der Waals surface area contributed by atoms with E-state index in [1.807, 2.05) is 31.2 Å². The van der Waals surface area contributed by atoms with Crippen molar-refractivity contribution in [2.24, 2.45) is 0 Å². The van der Waals surface area contributed by atoms with E-state index in [4.69, 9.17) is 9.15 Å². The summed E-state index contributed by atoms with van der Waals surface area (Å²) >= 11 is 1.39. The van der Waals surface area contributed by atoms with Gasteiger partial charge in [0, 0.05) is 5.75 Å². The molecular weight excluding hydrogens is 250 g/mol. The Labute approximate surface area is 110 Å². The summed E-state index contributed by atoms with van der Waals surface area (Å²) in [6, 6.07) is 7.40. The molecule has 1 heterocycles. The van der Waals surface area contributed by atoms with Gasteiger partial charge in [-0.2, -0.15) is 0 Å². The summed E-state index contributed by atoms with van der Waals surface area (Å²) in [5.74, 6) is 1.23. The van der Waals surface area contributed by atoms with E-state index in [9.17, 15) is 5.11 Å². The minimum atomic E-state index is -0.572. The fourth-order valence-electron chi connectivity index (χ4n) is 1.49. The lowest BCUT2D eigenvalue weighted by Crippen LogP contribution is -2.00. The molecule has 0 fully saturated rings. The van der Waals surface area contributed by atoms with Gasteiger partial charge in [-0.3, -0.25) is 0 Å². The highest BCUT2D eigenvalue weighted by Crippen LogP contribution is 2.25. The van der Waals surface area contributed by atoms with E-state index in [0.29, 0.717) is 11.0 Å². The van der Waals surface area contributed by atoms with Crippen molar-refractivity contribution in [3.63, 3.8) is 0 Å². The highest BCUT2D eigenvalue weighted by atomic mass is 32.2. The molecule has 1 aromatic heterocycles. The van der Waals surface area contributed by atoms with E-state index >= 15 is 0 Å². The Bertz CT molecular complexity index is 512. The number of aliphatic hydroxyl groups is 1. The highest BCUT2D eigenvalue weighted by Gasteiger charge is 2.11. The van der Waals surface area contributed by atoms with E-state index in [-0.39, 0.29) is 0 Å². The third-order valence-corrected chi connectivity index (χ3v) is 3.36. The van der Waals surface area contributed by atoms with E-state index < -0.39 is 6.10 Å². The molecule has 1 unspecified atom stereocenters. The number of aliphatic hydroxyl groups excluding tert-OH is 1. The number of aromatic nitrogens is 1. The Morgan fingerprint density at radius 1 is 1.50 bits per heavy atom. The first-order valence-corrected chi connectivity index (χ1v) is 6.54. The van der Waals surface area contributed by atoms with Crippen molar-refractivity contribution >= 4 is 11.8 Å². The van der Waals surface area contributed by atoms with Crippen LogP contribution in [-0.2, 0) is 0 Å². The Hall–Kier alpha value is -1.46. The van der Waals surface area contributed by atoms with Gasteiger partial charge in [-0.1, -0.05) is 23.9 Å². The number of ether oxygens (including phenoxy) is 1. The number of aryl methyl sites for hydroxylation is 1. The third-order valence-electron chi connectivity index (χ3n) is 2.44. The minimum Gasteiger partial charge on any atom is -0.497 e. The third kappa shape index (κ3) is 3.27. The maximum absolute atomic E-state index is 10.1. The number of thioether (sulfide) groups is 1. The second kappa shape index (κ2) is 5.93. The molecule has 0 radical (unpaired) electrons. The molecule has 0 aliphatic carbocycles. The van der Waals surface area contributed by atoms with Crippen molar-refractivity contribution in [2.45, 2.75) is 18.3 Å². The van der Waals surface area contributed by atoms with Crippen molar-refractivity contribution in [3.05, 3.63) is 41.8 Å². The standard InChI is InChI=1S/C13H15NO3S/c1-9-7-17-13(14-9)18-8-12(15)10-4-3-5-11(6-10)16-2/h3-7,12,15H,8H2,1-2H3. The monoisotopic (exact) mass is 265 g/mol. The molecule has 0 saturated heterocycles. The molecule has 0 spiro atoms. The van der Waals surface area contributed by atoms with Gasteiger partial charge in [0.05, 0.1) is 18.9 Å². The van der Waals surface area contributed by atoms with E-state index in [1.165, 1.54) is 11.8 Å². The number of nitrogens with zero attached hydrogens (tertiary/aromatic N) is 1. The normalized spacial score (nSPS) is 12.4. The van der Waals surface area contributed by atoms with Crippen LogP contribution < -0.4 is 4.74 Å². The summed E-state index contributed by atoms with van der Waals surface area (Å²) < 4.78 is 10.3. The molecule has 0 aliphatic heterocycles. The number of hydrogen-bond donors (Lipinski definition) is 1. The van der Waals surface area contributed by atoms with E-state index in [1.54, 1.807) is 13.4 Å². The minimum absolute atomic E-state index is 0.493. The molecule has 2 rings (SSSR count). The predicted octanol–water partition coefficient (Wildman–Crippen LogP) is 2.82. The van der Waals surface area contributed by atoms with Crippen molar-refractivity contribution in [1.82, 2.24) is 4.98 Å². The topological polar surface area (TPSA) is 55.5 Å². The van der Waals surface area contributed by atoms with Gasteiger partial charge in [0.1, 0.15) is 12.0 Å². The number of benzene rings is 1. The van der Waals surface area contributed by atoms with Gasteiger partial charge in [-0.05, 0) is 24.6 Å². The second-order valence-corrected chi connectivity index (χ2v) is 4.83. The summed E-state index contributed by atoms with van der Waals surface area (Å²) in [6.07, 6.45) is 1.03. The lowest BCUT2D eigenvalue weighted by atomic mass is 10.1. The molecular formula is C13H15NO3S. The van der Waals surface area contributed by atoms with Gasteiger partial charge in [0.2, 0.25) is 0 Å². The van der Waals surface area contributed by atoms with Crippen molar-refractivity contribution in [2.75, 3.05) is 12.9 Å². The number of hydrogen-bond acceptors (Lipinski definition) is 5. The van der Waals surface area contributed by atoms with Crippen molar-refractivity contribution in [1.29, 1.82) is 0 Å². The maximum Gasteiger partial charge on any atom is 0.255 e. The van der Waals surface area contributed by atoms with Crippen LogP contribution in [0.3, 0.4) is 0 Å². The van der Waals surface area contributed by atoms with Crippen LogP contribution in [0.5, 0.6) is 5.75 Å². The predicted molar refractivity (Wildman–Crippen MR) is 69.9 cm³/mol. The second-order valence-electron chi connectivity index (χ2n) is 3.86. The molecule has 5 heteroatoms. The summed E-state index contributed by atoms with van der Waals surface area (Å²) in [5, 5.41) is 10.6. The Balaban J connectivity index is 1.96. The fourth-order valence-corrected chi connectivity index (χ4v) is 2.31. The first kappa shape index (κ1) is 13.0. The van der Waals surface area contributed by atoms with Crippen LogP contribution in [0.1, 0.15) is 17.4 Å². The van der Waals surface area contributed by atoms with Crippen LogP contribution in [0.2, 0.25) is 0 Å². The van der Waals surface area contributed by atoms with Crippen LogP contribution in [0.25, 0.3) is 0 Å². The molecule has 4 nitrogen and oxygen atoms in total. The lowest BCUT2D eigenvalue weighted by molar-refractivity contribution is 0.203. The summed E-state index contributed by atoms with van der Waals surface area (Å²) in [4.78, 5) is 4.17.